The van der Waals surface area contributed by atoms with Gasteiger partial charge in [0.15, 0.2) is 5.69 Å². The Labute approximate surface area is 112 Å². The van der Waals surface area contributed by atoms with E-state index in [0.29, 0.717) is 12.5 Å². The van der Waals surface area contributed by atoms with Gasteiger partial charge in [-0.15, -0.1) is 5.10 Å². The topological polar surface area (TPSA) is 86.1 Å². The third-order valence-corrected chi connectivity index (χ3v) is 2.70. The summed E-state index contributed by atoms with van der Waals surface area (Å²) in [6, 6.07) is -0.516. The van der Waals surface area contributed by atoms with Crippen molar-refractivity contribution >= 4 is 11.9 Å². The molecule has 7 heteroatoms. The first-order valence-corrected chi connectivity index (χ1v) is 6.23. The first-order valence-electron chi connectivity index (χ1n) is 6.23. The van der Waals surface area contributed by atoms with Crippen molar-refractivity contribution in [2.75, 3.05) is 13.7 Å². The molecule has 0 spiro atoms. The van der Waals surface area contributed by atoms with Crippen molar-refractivity contribution in [3.05, 3.63) is 11.9 Å². The fraction of sp³-hybridized carbons (Fsp3) is 0.667. The molecule has 0 aliphatic heterocycles. The molecule has 0 aliphatic rings. The van der Waals surface area contributed by atoms with Crippen LogP contribution >= 0.6 is 0 Å². The molecular weight excluding hydrogens is 248 g/mol. The van der Waals surface area contributed by atoms with Gasteiger partial charge in [0.2, 0.25) is 5.91 Å². The van der Waals surface area contributed by atoms with Gasteiger partial charge >= 0.3 is 5.97 Å². The predicted molar refractivity (Wildman–Crippen MR) is 68.5 cm³/mol. The molecule has 1 N–H and O–H groups in total. The van der Waals surface area contributed by atoms with Crippen LogP contribution in [0.1, 0.15) is 43.7 Å². The summed E-state index contributed by atoms with van der Waals surface area (Å²) < 4.78 is 5.87. The Bertz CT molecular complexity index is 442. The Hall–Kier alpha value is -1.92. The number of nitrogens with zero attached hydrogens (tertiary/aromatic N) is 3. The lowest BCUT2D eigenvalue weighted by molar-refractivity contribution is -0.124. The van der Waals surface area contributed by atoms with Crippen LogP contribution < -0.4 is 5.32 Å². The minimum atomic E-state index is -0.571. The van der Waals surface area contributed by atoms with Crippen molar-refractivity contribution in [3.8, 4) is 0 Å². The van der Waals surface area contributed by atoms with Crippen molar-refractivity contribution in [2.45, 2.75) is 33.2 Å². The van der Waals surface area contributed by atoms with Gasteiger partial charge in [-0.25, -0.2) is 9.48 Å². The maximum Gasteiger partial charge on any atom is 0.360 e. The Morgan fingerprint density at radius 1 is 1.42 bits per heavy atom. The Kier molecular flexibility index (Phi) is 5.47. The van der Waals surface area contributed by atoms with E-state index in [1.54, 1.807) is 6.92 Å². The summed E-state index contributed by atoms with van der Waals surface area (Å²) in [7, 11) is 1.27. The molecule has 1 aromatic heterocycles. The fourth-order valence-corrected chi connectivity index (χ4v) is 1.42. The summed E-state index contributed by atoms with van der Waals surface area (Å²) >= 11 is 0. The van der Waals surface area contributed by atoms with Crippen LogP contribution in [0.2, 0.25) is 0 Å². The van der Waals surface area contributed by atoms with E-state index in [2.05, 4.69) is 34.2 Å². The highest BCUT2D eigenvalue weighted by atomic mass is 16.5. The summed E-state index contributed by atoms with van der Waals surface area (Å²) in [4.78, 5) is 23.1. The second-order valence-corrected chi connectivity index (χ2v) is 4.72. The minimum Gasteiger partial charge on any atom is -0.464 e. The lowest BCUT2D eigenvalue weighted by atomic mass is 10.1. The van der Waals surface area contributed by atoms with Crippen LogP contribution in [0.25, 0.3) is 0 Å². The Morgan fingerprint density at radius 2 is 2.11 bits per heavy atom. The number of ether oxygens (including phenoxy) is 1. The number of methoxy groups -OCH3 is 1. The van der Waals surface area contributed by atoms with Gasteiger partial charge < -0.3 is 10.1 Å². The smallest absolute Gasteiger partial charge is 0.360 e. The van der Waals surface area contributed by atoms with Crippen LogP contribution in [0.3, 0.4) is 0 Å². The molecule has 0 aromatic carbocycles. The number of aromatic nitrogens is 3. The van der Waals surface area contributed by atoms with E-state index in [9.17, 15) is 9.59 Å². The number of nitrogens with one attached hydrogen (secondary N) is 1. The van der Waals surface area contributed by atoms with Crippen molar-refractivity contribution in [1.29, 1.82) is 0 Å². The molecule has 0 saturated heterocycles. The minimum absolute atomic E-state index is 0.0873. The van der Waals surface area contributed by atoms with Crippen LogP contribution in [-0.2, 0) is 9.53 Å². The number of carbonyl (C=O) groups excluding carboxylic acids is 2. The molecular formula is C12H20N4O3. The molecule has 0 fully saturated rings. The van der Waals surface area contributed by atoms with Crippen LogP contribution in [0.15, 0.2) is 6.20 Å². The first kappa shape index (κ1) is 15.1. The van der Waals surface area contributed by atoms with Crippen molar-refractivity contribution in [3.63, 3.8) is 0 Å². The standard InChI is InChI=1S/C12H20N4O3/c1-8(2)5-6-13-11(17)9(3)16-7-10(14-15-16)12(18)19-4/h7-9H,5-6H2,1-4H3,(H,13,17). The maximum atomic E-state index is 11.9. The molecule has 7 nitrogen and oxygen atoms in total. The normalized spacial score (nSPS) is 12.3. The largest absolute Gasteiger partial charge is 0.464 e. The zero-order valence-electron chi connectivity index (χ0n) is 11.7. The molecule has 0 aliphatic carbocycles. The second-order valence-electron chi connectivity index (χ2n) is 4.72. The summed E-state index contributed by atoms with van der Waals surface area (Å²) in [5, 5.41) is 10.2. The molecule has 1 heterocycles. The zero-order valence-corrected chi connectivity index (χ0v) is 11.7. The number of rotatable bonds is 6. The van der Waals surface area contributed by atoms with Crippen molar-refractivity contribution < 1.29 is 14.3 Å². The van der Waals surface area contributed by atoms with Gasteiger partial charge in [-0.3, -0.25) is 4.79 Å². The second kappa shape index (κ2) is 6.86. The monoisotopic (exact) mass is 268 g/mol. The Balaban J connectivity index is 2.56. The Morgan fingerprint density at radius 3 is 2.68 bits per heavy atom. The number of carbonyl (C=O) groups is 2. The van der Waals surface area contributed by atoms with Crippen molar-refractivity contribution in [2.24, 2.45) is 5.92 Å². The van der Waals surface area contributed by atoms with Gasteiger partial charge in [-0.2, -0.15) is 0 Å². The lowest BCUT2D eigenvalue weighted by Gasteiger charge is -2.12. The van der Waals surface area contributed by atoms with E-state index in [4.69, 9.17) is 0 Å². The first-order chi connectivity index (χ1) is 8.95. The summed E-state index contributed by atoms with van der Waals surface area (Å²) in [6.45, 7) is 6.51. The zero-order chi connectivity index (χ0) is 14.4. The van der Waals surface area contributed by atoms with E-state index in [1.165, 1.54) is 18.0 Å². The average molecular weight is 268 g/mol. The molecule has 1 amide bonds. The maximum absolute atomic E-state index is 11.9. The SMILES string of the molecule is COC(=O)c1cn(C(C)C(=O)NCCC(C)C)nn1. The number of hydrogen-bond donors (Lipinski definition) is 1. The summed E-state index contributed by atoms with van der Waals surface area (Å²) in [5.74, 6) is -0.187. The van der Waals surface area contributed by atoms with Crippen LogP contribution in [0.5, 0.6) is 0 Å². The van der Waals surface area contributed by atoms with Gasteiger partial charge in [0, 0.05) is 6.54 Å². The number of amides is 1. The molecule has 19 heavy (non-hydrogen) atoms. The van der Waals surface area contributed by atoms with E-state index >= 15 is 0 Å². The fourth-order valence-electron chi connectivity index (χ4n) is 1.42. The van der Waals surface area contributed by atoms with Crippen molar-refractivity contribution in [1.82, 2.24) is 20.3 Å². The van der Waals surface area contributed by atoms with Gasteiger partial charge in [0.1, 0.15) is 6.04 Å². The molecule has 1 unspecified atom stereocenters. The van der Waals surface area contributed by atoms with Crippen LogP contribution in [-0.4, -0.2) is 40.5 Å². The highest BCUT2D eigenvalue weighted by molar-refractivity contribution is 5.86. The quantitative estimate of drug-likeness (QED) is 0.771. The van der Waals surface area contributed by atoms with Gasteiger partial charge in [0.05, 0.1) is 13.3 Å². The average Bonchev–Trinajstić information content (AvgIpc) is 2.85. The van der Waals surface area contributed by atoms with Crippen LogP contribution in [0, 0.1) is 5.92 Å². The third kappa shape index (κ3) is 4.35. The molecule has 1 rings (SSSR count). The summed E-state index contributed by atoms with van der Waals surface area (Å²) in [5.41, 5.74) is 0.0873. The van der Waals surface area contributed by atoms with Gasteiger partial charge in [-0.1, -0.05) is 19.1 Å². The predicted octanol–water partition coefficient (Wildman–Crippen LogP) is 0.788. The van der Waals surface area contributed by atoms with E-state index < -0.39 is 12.0 Å². The number of esters is 1. The highest BCUT2D eigenvalue weighted by Gasteiger charge is 2.18. The molecule has 0 bridgehead atoms. The number of hydrogen-bond acceptors (Lipinski definition) is 5. The van der Waals surface area contributed by atoms with Gasteiger partial charge in [-0.05, 0) is 19.3 Å². The van der Waals surface area contributed by atoms with E-state index in [1.807, 2.05) is 0 Å². The molecule has 0 radical (unpaired) electrons. The lowest BCUT2D eigenvalue weighted by Crippen LogP contribution is -2.32. The van der Waals surface area contributed by atoms with Gasteiger partial charge in [0.25, 0.3) is 0 Å². The third-order valence-electron chi connectivity index (χ3n) is 2.70. The molecule has 1 aromatic rings. The highest BCUT2D eigenvalue weighted by Crippen LogP contribution is 2.06. The van der Waals surface area contributed by atoms with E-state index in [0.717, 1.165) is 6.42 Å². The molecule has 1 atom stereocenters. The van der Waals surface area contributed by atoms with E-state index in [-0.39, 0.29) is 11.6 Å². The molecule has 0 saturated carbocycles. The van der Waals surface area contributed by atoms with Crippen LogP contribution in [0.4, 0.5) is 0 Å². The molecule has 106 valence electrons. The summed E-state index contributed by atoms with van der Waals surface area (Å²) in [6.07, 6.45) is 2.32.